The molecule has 2 aromatic rings. The van der Waals surface area contributed by atoms with Gasteiger partial charge in [0.2, 0.25) is 10.0 Å². The summed E-state index contributed by atoms with van der Waals surface area (Å²) in [7, 11) is -3.65. The molecule has 0 unspecified atom stereocenters. The van der Waals surface area contributed by atoms with Crippen molar-refractivity contribution >= 4 is 37.5 Å². The predicted molar refractivity (Wildman–Crippen MR) is 109 cm³/mol. The number of nitrogens with zero attached hydrogens (tertiary/aromatic N) is 2. The Kier molecular flexibility index (Phi) is 6.49. The number of benzene rings is 2. The van der Waals surface area contributed by atoms with Crippen LogP contribution in [0.1, 0.15) is 17.3 Å². The molecule has 1 aliphatic heterocycles. The van der Waals surface area contributed by atoms with Crippen LogP contribution >= 0.6 is 15.9 Å². The number of likely N-dealkylation sites (N-methyl/N-ethyl adjacent to an activating group) is 1. The van der Waals surface area contributed by atoms with E-state index in [1.165, 1.54) is 28.6 Å². The van der Waals surface area contributed by atoms with Crippen LogP contribution in [0.5, 0.6) is 0 Å². The summed E-state index contributed by atoms with van der Waals surface area (Å²) in [5, 5.41) is 2.63. The smallest absolute Gasteiger partial charge is 0.256 e. The average molecular weight is 470 g/mol. The number of hydrogen-bond donors (Lipinski definition) is 1. The monoisotopic (exact) mass is 469 g/mol. The van der Waals surface area contributed by atoms with Crippen LogP contribution in [-0.4, -0.2) is 56.3 Å². The van der Waals surface area contributed by atoms with Crippen molar-refractivity contribution in [2.45, 2.75) is 11.8 Å². The van der Waals surface area contributed by atoms with Gasteiger partial charge in [0.25, 0.3) is 5.91 Å². The summed E-state index contributed by atoms with van der Waals surface area (Å²) < 4.78 is 41.2. The molecular formula is C19H21BrFN3O3S. The molecular weight excluding hydrogens is 449 g/mol. The van der Waals surface area contributed by atoms with E-state index in [9.17, 15) is 17.6 Å². The number of anilines is 1. The van der Waals surface area contributed by atoms with Crippen LogP contribution in [0.4, 0.5) is 10.1 Å². The molecule has 3 rings (SSSR count). The number of amides is 1. The summed E-state index contributed by atoms with van der Waals surface area (Å²) >= 11 is 3.22. The van der Waals surface area contributed by atoms with Crippen molar-refractivity contribution in [1.82, 2.24) is 9.21 Å². The Morgan fingerprint density at radius 3 is 2.54 bits per heavy atom. The van der Waals surface area contributed by atoms with Gasteiger partial charge in [-0.25, -0.2) is 12.8 Å². The topological polar surface area (TPSA) is 69.7 Å². The molecule has 0 aromatic heterocycles. The maximum absolute atomic E-state index is 13.4. The summed E-state index contributed by atoms with van der Waals surface area (Å²) in [6.45, 7) is 5.20. The SMILES string of the molecule is CCN1CCN(S(=O)(=O)c2cccc(NC(=O)c3cc(F)ccc3Br)c2)CC1. The molecule has 1 saturated heterocycles. The first-order valence-corrected chi connectivity index (χ1v) is 11.1. The normalized spacial score (nSPS) is 16.1. The number of hydrogen-bond acceptors (Lipinski definition) is 4. The molecule has 1 N–H and O–H groups in total. The Labute approximate surface area is 172 Å². The van der Waals surface area contributed by atoms with Crippen LogP contribution in [0, 0.1) is 5.82 Å². The molecule has 2 aromatic carbocycles. The number of piperazine rings is 1. The number of carbonyl (C=O) groups is 1. The minimum atomic E-state index is -3.65. The van der Waals surface area contributed by atoms with E-state index in [2.05, 4.69) is 26.1 Å². The van der Waals surface area contributed by atoms with Gasteiger partial charge in [-0.1, -0.05) is 13.0 Å². The second-order valence-corrected chi connectivity index (χ2v) is 9.24. The van der Waals surface area contributed by atoms with E-state index in [0.29, 0.717) is 36.3 Å². The van der Waals surface area contributed by atoms with E-state index in [4.69, 9.17) is 0 Å². The molecule has 0 saturated carbocycles. The Morgan fingerprint density at radius 2 is 1.86 bits per heavy atom. The van der Waals surface area contributed by atoms with Gasteiger partial charge < -0.3 is 10.2 Å². The zero-order valence-electron chi connectivity index (χ0n) is 15.4. The molecule has 0 spiro atoms. The Balaban J connectivity index is 1.78. The fourth-order valence-corrected chi connectivity index (χ4v) is 4.93. The van der Waals surface area contributed by atoms with Crippen LogP contribution in [0.3, 0.4) is 0 Å². The second kappa shape index (κ2) is 8.69. The highest BCUT2D eigenvalue weighted by Crippen LogP contribution is 2.23. The van der Waals surface area contributed by atoms with E-state index in [0.717, 1.165) is 12.6 Å². The molecule has 28 heavy (non-hydrogen) atoms. The molecule has 9 heteroatoms. The van der Waals surface area contributed by atoms with Gasteiger partial charge in [-0.05, 0) is 58.9 Å². The lowest BCUT2D eigenvalue weighted by Gasteiger charge is -2.33. The van der Waals surface area contributed by atoms with Gasteiger partial charge in [0.05, 0.1) is 10.5 Å². The predicted octanol–water partition coefficient (Wildman–Crippen LogP) is 3.17. The minimum Gasteiger partial charge on any atom is -0.322 e. The minimum absolute atomic E-state index is 0.119. The molecule has 1 aliphatic rings. The van der Waals surface area contributed by atoms with Gasteiger partial charge in [-0.15, -0.1) is 0 Å². The molecule has 0 atom stereocenters. The number of sulfonamides is 1. The van der Waals surface area contributed by atoms with Crippen LogP contribution in [0.15, 0.2) is 51.8 Å². The quantitative estimate of drug-likeness (QED) is 0.729. The number of halogens is 2. The third kappa shape index (κ3) is 4.60. The van der Waals surface area contributed by atoms with Crippen LogP contribution in [-0.2, 0) is 10.0 Å². The van der Waals surface area contributed by atoms with Gasteiger partial charge in [0, 0.05) is 36.3 Å². The fraction of sp³-hybridized carbons (Fsp3) is 0.316. The van der Waals surface area contributed by atoms with Crippen molar-refractivity contribution in [1.29, 1.82) is 0 Å². The van der Waals surface area contributed by atoms with E-state index < -0.39 is 21.7 Å². The molecule has 0 bridgehead atoms. The molecule has 6 nitrogen and oxygen atoms in total. The molecule has 1 heterocycles. The summed E-state index contributed by atoms with van der Waals surface area (Å²) in [6.07, 6.45) is 0. The van der Waals surface area contributed by atoms with Crippen molar-refractivity contribution in [3.05, 3.63) is 58.3 Å². The first-order chi connectivity index (χ1) is 13.3. The molecule has 0 aliphatic carbocycles. The summed E-state index contributed by atoms with van der Waals surface area (Å²) in [5.41, 5.74) is 0.457. The first-order valence-electron chi connectivity index (χ1n) is 8.90. The lowest BCUT2D eigenvalue weighted by molar-refractivity contribution is 0.102. The van der Waals surface area contributed by atoms with Gasteiger partial charge in [0.1, 0.15) is 5.82 Å². The maximum atomic E-state index is 13.4. The third-order valence-corrected chi connectivity index (χ3v) is 7.27. The van der Waals surface area contributed by atoms with Crippen LogP contribution in [0.25, 0.3) is 0 Å². The van der Waals surface area contributed by atoms with E-state index in [1.807, 2.05) is 6.92 Å². The average Bonchev–Trinajstić information content (AvgIpc) is 2.70. The summed E-state index contributed by atoms with van der Waals surface area (Å²) in [5.74, 6) is -1.06. The van der Waals surface area contributed by atoms with Gasteiger partial charge >= 0.3 is 0 Å². The highest BCUT2D eigenvalue weighted by molar-refractivity contribution is 9.10. The fourth-order valence-electron chi connectivity index (χ4n) is 3.04. The van der Waals surface area contributed by atoms with Gasteiger partial charge in [-0.2, -0.15) is 4.31 Å². The number of nitrogens with one attached hydrogen (secondary N) is 1. The highest BCUT2D eigenvalue weighted by atomic mass is 79.9. The lowest BCUT2D eigenvalue weighted by Crippen LogP contribution is -2.48. The highest BCUT2D eigenvalue weighted by Gasteiger charge is 2.28. The van der Waals surface area contributed by atoms with Crippen molar-refractivity contribution in [2.75, 3.05) is 38.0 Å². The van der Waals surface area contributed by atoms with Crippen molar-refractivity contribution < 1.29 is 17.6 Å². The number of rotatable bonds is 5. The Morgan fingerprint density at radius 1 is 1.14 bits per heavy atom. The molecule has 1 amide bonds. The zero-order chi connectivity index (χ0) is 20.3. The summed E-state index contributed by atoms with van der Waals surface area (Å²) in [4.78, 5) is 14.8. The van der Waals surface area contributed by atoms with Crippen molar-refractivity contribution in [3.8, 4) is 0 Å². The van der Waals surface area contributed by atoms with Crippen LogP contribution in [0.2, 0.25) is 0 Å². The van der Waals surface area contributed by atoms with E-state index >= 15 is 0 Å². The Hall–Kier alpha value is -1.81. The summed E-state index contributed by atoms with van der Waals surface area (Å²) in [6, 6.07) is 9.91. The molecule has 1 fully saturated rings. The van der Waals surface area contributed by atoms with Crippen molar-refractivity contribution in [2.24, 2.45) is 0 Å². The number of carbonyl (C=O) groups excluding carboxylic acids is 1. The second-order valence-electron chi connectivity index (χ2n) is 6.44. The lowest BCUT2D eigenvalue weighted by atomic mass is 10.2. The third-order valence-electron chi connectivity index (χ3n) is 4.68. The molecule has 150 valence electrons. The Bertz CT molecular complexity index is 976. The standard InChI is InChI=1S/C19H21BrFN3O3S/c1-2-23-8-10-24(11-9-23)28(26,27)16-5-3-4-15(13-16)22-19(25)17-12-14(21)6-7-18(17)20/h3-7,12-13H,2,8-11H2,1H3,(H,22,25). The van der Waals surface area contributed by atoms with E-state index in [-0.39, 0.29) is 10.5 Å². The van der Waals surface area contributed by atoms with Gasteiger partial charge in [-0.3, -0.25) is 4.79 Å². The van der Waals surface area contributed by atoms with Gasteiger partial charge in [0.15, 0.2) is 0 Å². The first kappa shape index (κ1) is 20.9. The zero-order valence-corrected chi connectivity index (χ0v) is 17.8. The maximum Gasteiger partial charge on any atom is 0.256 e. The van der Waals surface area contributed by atoms with Crippen molar-refractivity contribution in [3.63, 3.8) is 0 Å². The van der Waals surface area contributed by atoms with Crippen LogP contribution < -0.4 is 5.32 Å². The molecule has 0 radical (unpaired) electrons. The largest absolute Gasteiger partial charge is 0.322 e. The van der Waals surface area contributed by atoms with E-state index in [1.54, 1.807) is 12.1 Å².